The Kier molecular flexibility index (Phi) is 8.09. The van der Waals surface area contributed by atoms with Crippen LogP contribution >= 0.6 is 0 Å². The molecule has 0 spiro atoms. The zero-order chi connectivity index (χ0) is 18.1. The van der Waals surface area contributed by atoms with Crippen LogP contribution in [0, 0.1) is 5.92 Å². The van der Waals surface area contributed by atoms with Crippen LogP contribution in [0.15, 0.2) is 18.2 Å². The van der Waals surface area contributed by atoms with E-state index in [0.29, 0.717) is 42.6 Å². The van der Waals surface area contributed by atoms with Crippen molar-refractivity contribution in [2.24, 2.45) is 5.92 Å². The summed E-state index contributed by atoms with van der Waals surface area (Å²) >= 11 is 0. The Hall–Kier alpha value is -2.24. The number of amides is 1. The normalized spacial score (nSPS) is 10.5. The number of ether oxygens (including phenoxy) is 2. The lowest BCUT2D eigenvalue weighted by Crippen LogP contribution is -2.28. The van der Waals surface area contributed by atoms with Crippen LogP contribution in [0.5, 0.6) is 11.5 Å². The fourth-order valence-electron chi connectivity index (χ4n) is 2.10. The number of aliphatic carboxylic acids is 1. The van der Waals surface area contributed by atoms with Gasteiger partial charge < -0.3 is 19.5 Å². The summed E-state index contributed by atoms with van der Waals surface area (Å²) in [6.45, 7) is 5.12. The molecule has 1 N–H and O–H groups in total. The second-order valence-corrected chi connectivity index (χ2v) is 6.12. The summed E-state index contributed by atoms with van der Waals surface area (Å²) < 4.78 is 11.0. The molecular formula is C18H27NO5. The minimum Gasteiger partial charge on any atom is -0.497 e. The van der Waals surface area contributed by atoms with Gasteiger partial charge in [-0.1, -0.05) is 13.8 Å². The first-order valence-corrected chi connectivity index (χ1v) is 8.13. The molecule has 0 fully saturated rings. The van der Waals surface area contributed by atoms with Crippen molar-refractivity contribution in [1.82, 2.24) is 4.90 Å². The molecule has 0 saturated carbocycles. The van der Waals surface area contributed by atoms with Gasteiger partial charge in [-0.2, -0.15) is 0 Å². The number of benzene rings is 1. The van der Waals surface area contributed by atoms with Crippen molar-refractivity contribution in [1.29, 1.82) is 0 Å². The maximum absolute atomic E-state index is 12.6. The molecule has 1 amide bonds. The van der Waals surface area contributed by atoms with Crippen molar-refractivity contribution < 1.29 is 24.2 Å². The Labute approximate surface area is 143 Å². The number of carboxylic acid groups (broad SMARTS) is 1. The summed E-state index contributed by atoms with van der Waals surface area (Å²) in [6.07, 6.45) is 1.34. The van der Waals surface area contributed by atoms with Gasteiger partial charge in [-0.15, -0.1) is 0 Å². The second kappa shape index (κ2) is 9.80. The van der Waals surface area contributed by atoms with E-state index in [1.165, 1.54) is 4.90 Å². The Bertz CT molecular complexity index is 556. The van der Waals surface area contributed by atoms with Crippen LogP contribution in [0.2, 0.25) is 0 Å². The van der Waals surface area contributed by atoms with Crippen molar-refractivity contribution >= 4 is 11.9 Å². The van der Waals surface area contributed by atoms with Gasteiger partial charge in [0, 0.05) is 26.1 Å². The lowest BCUT2D eigenvalue weighted by atomic mass is 10.1. The molecule has 0 radical (unpaired) electrons. The van der Waals surface area contributed by atoms with E-state index < -0.39 is 5.97 Å². The summed E-state index contributed by atoms with van der Waals surface area (Å²) in [4.78, 5) is 24.7. The van der Waals surface area contributed by atoms with Crippen molar-refractivity contribution in [3.63, 3.8) is 0 Å². The van der Waals surface area contributed by atoms with Gasteiger partial charge in [-0.05, 0) is 30.9 Å². The SMILES string of the molecule is COc1ccc(C(=O)N(C)CCCC(=O)O)c(OCCC(C)C)c1. The smallest absolute Gasteiger partial charge is 0.303 e. The van der Waals surface area contributed by atoms with E-state index in [-0.39, 0.29) is 12.3 Å². The minimum atomic E-state index is -0.863. The van der Waals surface area contributed by atoms with E-state index in [1.807, 2.05) is 0 Å². The number of carboxylic acids is 1. The Morgan fingerprint density at radius 2 is 2.00 bits per heavy atom. The monoisotopic (exact) mass is 337 g/mol. The highest BCUT2D eigenvalue weighted by Gasteiger charge is 2.18. The largest absolute Gasteiger partial charge is 0.497 e. The molecule has 0 saturated heterocycles. The molecule has 24 heavy (non-hydrogen) atoms. The average Bonchev–Trinajstić information content (AvgIpc) is 2.53. The van der Waals surface area contributed by atoms with E-state index in [0.717, 1.165) is 6.42 Å². The predicted molar refractivity (Wildman–Crippen MR) is 91.8 cm³/mol. The van der Waals surface area contributed by atoms with Gasteiger partial charge in [-0.3, -0.25) is 9.59 Å². The number of carbonyl (C=O) groups is 2. The van der Waals surface area contributed by atoms with Crippen LogP contribution < -0.4 is 9.47 Å². The van der Waals surface area contributed by atoms with Crippen LogP contribution in [0.1, 0.15) is 43.5 Å². The van der Waals surface area contributed by atoms with Crippen LogP contribution in [0.4, 0.5) is 0 Å². The molecule has 0 atom stereocenters. The number of hydrogen-bond acceptors (Lipinski definition) is 4. The van der Waals surface area contributed by atoms with Crippen LogP contribution in [-0.2, 0) is 4.79 Å². The number of nitrogens with zero attached hydrogens (tertiary/aromatic N) is 1. The maximum Gasteiger partial charge on any atom is 0.303 e. The molecule has 0 aromatic heterocycles. The topological polar surface area (TPSA) is 76.1 Å². The van der Waals surface area contributed by atoms with Gasteiger partial charge in [0.05, 0.1) is 19.3 Å². The first kappa shape index (κ1) is 19.8. The van der Waals surface area contributed by atoms with Crippen molar-refractivity contribution in [2.45, 2.75) is 33.1 Å². The highest BCUT2D eigenvalue weighted by atomic mass is 16.5. The molecule has 0 heterocycles. The van der Waals surface area contributed by atoms with E-state index in [9.17, 15) is 9.59 Å². The van der Waals surface area contributed by atoms with Crippen molar-refractivity contribution in [3.8, 4) is 11.5 Å². The standard InChI is InChI=1S/C18H27NO5/c1-13(2)9-11-24-16-12-14(23-4)7-8-15(16)18(22)19(3)10-5-6-17(20)21/h7-8,12-13H,5-6,9-11H2,1-4H3,(H,20,21). The number of hydrogen-bond donors (Lipinski definition) is 1. The Balaban J connectivity index is 2.82. The third-order valence-electron chi connectivity index (χ3n) is 3.60. The molecule has 6 heteroatoms. The first-order chi connectivity index (χ1) is 11.3. The number of carbonyl (C=O) groups excluding carboxylic acids is 1. The Morgan fingerprint density at radius 3 is 2.58 bits per heavy atom. The number of rotatable bonds is 10. The third-order valence-corrected chi connectivity index (χ3v) is 3.60. The fraction of sp³-hybridized carbons (Fsp3) is 0.556. The minimum absolute atomic E-state index is 0.0397. The molecule has 0 bridgehead atoms. The molecule has 134 valence electrons. The van der Waals surface area contributed by atoms with Crippen molar-refractivity contribution in [2.75, 3.05) is 27.3 Å². The summed E-state index contributed by atoms with van der Waals surface area (Å²) in [6, 6.07) is 5.10. The molecule has 1 rings (SSSR count). The average molecular weight is 337 g/mol. The van der Waals surface area contributed by atoms with Crippen LogP contribution in [-0.4, -0.2) is 49.2 Å². The molecule has 0 aliphatic rings. The number of methoxy groups -OCH3 is 1. The first-order valence-electron chi connectivity index (χ1n) is 8.13. The third kappa shape index (κ3) is 6.48. The van der Waals surface area contributed by atoms with Crippen molar-refractivity contribution in [3.05, 3.63) is 23.8 Å². The summed E-state index contributed by atoms with van der Waals surface area (Å²) in [5.74, 6) is 0.568. The lowest BCUT2D eigenvalue weighted by Gasteiger charge is -2.19. The molecule has 1 aromatic rings. The highest BCUT2D eigenvalue weighted by Crippen LogP contribution is 2.26. The molecule has 0 unspecified atom stereocenters. The maximum atomic E-state index is 12.6. The highest BCUT2D eigenvalue weighted by molar-refractivity contribution is 5.97. The zero-order valence-corrected chi connectivity index (χ0v) is 14.9. The van der Waals surface area contributed by atoms with Gasteiger partial charge in [0.1, 0.15) is 11.5 Å². The summed E-state index contributed by atoms with van der Waals surface area (Å²) in [7, 11) is 3.22. The van der Waals surface area contributed by atoms with E-state index in [4.69, 9.17) is 14.6 Å². The quantitative estimate of drug-likeness (QED) is 0.710. The van der Waals surface area contributed by atoms with Crippen LogP contribution in [0.25, 0.3) is 0 Å². The van der Waals surface area contributed by atoms with E-state index in [2.05, 4.69) is 13.8 Å². The summed E-state index contributed by atoms with van der Waals surface area (Å²) in [5, 5.41) is 8.69. The molecule has 0 aliphatic heterocycles. The predicted octanol–water partition coefficient (Wildman–Crippen LogP) is 3.06. The van der Waals surface area contributed by atoms with Gasteiger partial charge in [0.15, 0.2) is 0 Å². The summed E-state index contributed by atoms with van der Waals surface area (Å²) in [5.41, 5.74) is 0.456. The zero-order valence-electron chi connectivity index (χ0n) is 14.9. The van der Waals surface area contributed by atoms with Gasteiger partial charge in [0.2, 0.25) is 0 Å². The van der Waals surface area contributed by atoms with E-state index in [1.54, 1.807) is 32.4 Å². The second-order valence-electron chi connectivity index (χ2n) is 6.12. The van der Waals surface area contributed by atoms with E-state index >= 15 is 0 Å². The van der Waals surface area contributed by atoms with Gasteiger partial charge in [-0.25, -0.2) is 0 Å². The molecular weight excluding hydrogens is 310 g/mol. The van der Waals surface area contributed by atoms with Gasteiger partial charge in [0.25, 0.3) is 5.91 Å². The molecule has 0 aliphatic carbocycles. The van der Waals surface area contributed by atoms with Gasteiger partial charge >= 0.3 is 5.97 Å². The fourth-order valence-corrected chi connectivity index (χ4v) is 2.10. The lowest BCUT2D eigenvalue weighted by molar-refractivity contribution is -0.137. The Morgan fingerprint density at radius 1 is 1.29 bits per heavy atom. The van der Waals surface area contributed by atoms with Crippen LogP contribution in [0.3, 0.4) is 0 Å². The molecule has 6 nitrogen and oxygen atoms in total. The molecule has 1 aromatic carbocycles.